The lowest BCUT2D eigenvalue weighted by Gasteiger charge is -2.09. The monoisotopic (exact) mass is 114 g/mol. The minimum atomic E-state index is -0.208. The summed E-state index contributed by atoms with van der Waals surface area (Å²) in [6.45, 7) is 4.71. The summed E-state index contributed by atoms with van der Waals surface area (Å²) in [7, 11) is 0. The number of carbonyl (C=O) groups is 1. The summed E-state index contributed by atoms with van der Waals surface area (Å²) >= 11 is 0. The van der Waals surface area contributed by atoms with E-state index in [9.17, 15) is 4.79 Å². The van der Waals surface area contributed by atoms with Gasteiger partial charge in [0.15, 0.2) is 5.78 Å². The molecule has 0 aromatic rings. The number of hydrogen-bond acceptors (Lipinski definition) is 2. The molecule has 8 heavy (non-hydrogen) atoms. The van der Waals surface area contributed by atoms with E-state index in [-0.39, 0.29) is 11.2 Å². The standard InChI is InChI=1S/C6H10O2/c1-6(2)4-8-3-5(6)7/h3-4H2,1-2H3. The maximum absolute atomic E-state index is 10.8. The summed E-state index contributed by atoms with van der Waals surface area (Å²) in [5, 5.41) is 0. The van der Waals surface area contributed by atoms with E-state index in [0.717, 1.165) is 0 Å². The maximum Gasteiger partial charge on any atom is 0.166 e. The number of hydrogen-bond donors (Lipinski definition) is 0. The Bertz CT molecular complexity index is 116. The van der Waals surface area contributed by atoms with Crippen molar-refractivity contribution in [3.05, 3.63) is 0 Å². The van der Waals surface area contributed by atoms with E-state index in [4.69, 9.17) is 4.74 Å². The van der Waals surface area contributed by atoms with E-state index >= 15 is 0 Å². The highest BCUT2D eigenvalue weighted by Gasteiger charge is 2.33. The minimum absolute atomic E-state index is 0.208. The molecule has 1 heterocycles. The fourth-order valence-electron chi connectivity index (χ4n) is 0.675. The van der Waals surface area contributed by atoms with Crippen molar-refractivity contribution in [2.45, 2.75) is 13.8 Å². The lowest BCUT2D eigenvalue weighted by atomic mass is 9.92. The first-order valence-corrected chi connectivity index (χ1v) is 2.74. The summed E-state index contributed by atoms with van der Waals surface area (Å²) in [5.41, 5.74) is -0.208. The quantitative estimate of drug-likeness (QED) is 0.461. The first-order valence-electron chi connectivity index (χ1n) is 2.74. The zero-order valence-corrected chi connectivity index (χ0v) is 5.23. The van der Waals surface area contributed by atoms with Crippen LogP contribution in [0, 0.1) is 5.41 Å². The van der Waals surface area contributed by atoms with E-state index in [2.05, 4.69) is 0 Å². The van der Waals surface area contributed by atoms with Gasteiger partial charge in [0.25, 0.3) is 0 Å². The molecular formula is C6H10O2. The molecule has 0 saturated carbocycles. The van der Waals surface area contributed by atoms with Gasteiger partial charge in [-0.2, -0.15) is 0 Å². The third-order valence-corrected chi connectivity index (χ3v) is 1.45. The fourth-order valence-corrected chi connectivity index (χ4v) is 0.675. The molecule has 0 aliphatic carbocycles. The van der Waals surface area contributed by atoms with Gasteiger partial charge >= 0.3 is 0 Å². The van der Waals surface area contributed by atoms with E-state index in [1.165, 1.54) is 0 Å². The Morgan fingerprint density at radius 1 is 1.62 bits per heavy atom. The Morgan fingerprint density at radius 2 is 2.25 bits per heavy atom. The highest BCUT2D eigenvalue weighted by Crippen LogP contribution is 2.22. The number of ketones is 1. The van der Waals surface area contributed by atoms with Gasteiger partial charge in [0.1, 0.15) is 6.61 Å². The third kappa shape index (κ3) is 0.757. The topological polar surface area (TPSA) is 26.3 Å². The van der Waals surface area contributed by atoms with Crippen LogP contribution >= 0.6 is 0 Å². The van der Waals surface area contributed by atoms with Crippen molar-refractivity contribution in [1.82, 2.24) is 0 Å². The molecule has 1 fully saturated rings. The van der Waals surface area contributed by atoms with Gasteiger partial charge in [-0.25, -0.2) is 0 Å². The van der Waals surface area contributed by atoms with Crippen molar-refractivity contribution in [1.29, 1.82) is 0 Å². The molecule has 0 unspecified atom stereocenters. The highest BCUT2D eigenvalue weighted by molar-refractivity contribution is 5.86. The molecule has 2 heteroatoms. The molecule has 0 N–H and O–H groups in total. The zero-order chi connectivity index (χ0) is 6.20. The van der Waals surface area contributed by atoms with Crippen LogP contribution in [0.25, 0.3) is 0 Å². The van der Waals surface area contributed by atoms with Crippen LogP contribution in [0.15, 0.2) is 0 Å². The van der Waals surface area contributed by atoms with Gasteiger partial charge in [-0.3, -0.25) is 4.79 Å². The van der Waals surface area contributed by atoms with Gasteiger partial charge in [0.05, 0.1) is 6.61 Å². The van der Waals surface area contributed by atoms with Crippen molar-refractivity contribution < 1.29 is 9.53 Å². The molecule has 1 rings (SSSR count). The summed E-state index contributed by atoms with van der Waals surface area (Å²) in [6.07, 6.45) is 0. The van der Waals surface area contributed by atoms with Crippen molar-refractivity contribution in [2.75, 3.05) is 13.2 Å². The van der Waals surface area contributed by atoms with E-state index in [1.807, 2.05) is 13.8 Å². The van der Waals surface area contributed by atoms with Crippen molar-refractivity contribution in [3.8, 4) is 0 Å². The molecule has 0 radical (unpaired) electrons. The lowest BCUT2D eigenvalue weighted by Crippen LogP contribution is -2.20. The Kier molecular flexibility index (Phi) is 1.12. The van der Waals surface area contributed by atoms with Crippen LogP contribution in [-0.4, -0.2) is 19.0 Å². The van der Waals surface area contributed by atoms with Gasteiger partial charge in [-0.1, -0.05) is 13.8 Å². The average Bonchev–Trinajstić information content (AvgIpc) is 1.86. The Labute approximate surface area is 48.8 Å². The maximum atomic E-state index is 10.8. The average molecular weight is 114 g/mol. The van der Waals surface area contributed by atoms with Crippen molar-refractivity contribution >= 4 is 5.78 Å². The number of ether oxygens (including phenoxy) is 1. The van der Waals surface area contributed by atoms with Crippen LogP contribution < -0.4 is 0 Å². The first kappa shape index (κ1) is 5.76. The van der Waals surface area contributed by atoms with E-state index in [1.54, 1.807) is 0 Å². The van der Waals surface area contributed by atoms with Crippen LogP contribution in [-0.2, 0) is 9.53 Å². The number of rotatable bonds is 0. The van der Waals surface area contributed by atoms with Gasteiger partial charge in [-0.05, 0) is 0 Å². The second-order valence-electron chi connectivity index (χ2n) is 2.80. The fraction of sp³-hybridized carbons (Fsp3) is 0.833. The molecule has 0 aromatic heterocycles. The zero-order valence-electron chi connectivity index (χ0n) is 5.23. The molecule has 0 spiro atoms. The molecular weight excluding hydrogens is 104 g/mol. The number of Topliss-reactive ketones (excluding diaryl/α,β-unsaturated/α-hetero) is 1. The smallest absolute Gasteiger partial charge is 0.166 e. The minimum Gasteiger partial charge on any atom is -0.373 e. The molecule has 1 saturated heterocycles. The number of carbonyl (C=O) groups excluding carboxylic acids is 1. The largest absolute Gasteiger partial charge is 0.373 e. The van der Waals surface area contributed by atoms with Crippen LogP contribution in [0.5, 0.6) is 0 Å². The predicted octanol–water partition coefficient (Wildman–Crippen LogP) is 0.612. The van der Waals surface area contributed by atoms with E-state index in [0.29, 0.717) is 13.2 Å². The molecule has 0 atom stereocenters. The van der Waals surface area contributed by atoms with Gasteiger partial charge in [-0.15, -0.1) is 0 Å². The summed E-state index contributed by atoms with van der Waals surface area (Å²) in [6, 6.07) is 0. The second-order valence-corrected chi connectivity index (χ2v) is 2.80. The summed E-state index contributed by atoms with van der Waals surface area (Å²) in [4.78, 5) is 10.8. The molecule has 1 aliphatic heterocycles. The third-order valence-electron chi connectivity index (χ3n) is 1.45. The molecule has 0 aromatic carbocycles. The van der Waals surface area contributed by atoms with Gasteiger partial charge in [0, 0.05) is 5.41 Å². The van der Waals surface area contributed by atoms with Crippen molar-refractivity contribution in [2.24, 2.45) is 5.41 Å². The van der Waals surface area contributed by atoms with Crippen LogP contribution in [0.1, 0.15) is 13.8 Å². The Balaban J connectivity index is 2.68. The predicted molar refractivity (Wildman–Crippen MR) is 29.6 cm³/mol. The molecule has 2 nitrogen and oxygen atoms in total. The Morgan fingerprint density at radius 3 is 2.38 bits per heavy atom. The van der Waals surface area contributed by atoms with Gasteiger partial charge < -0.3 is 4.74 Å². The molecule has 0 bridgehead atoms. The molecule has 0 amide bonds. The van der Waals surface area contributed by atoms with Crippen LogP contribution in [0.4, 0.5) is 0 Å². The molecule has 46 valence electrons. The Hall–Kier alpha value is -0.370. The highest BCUT2D eigenvalue weighted by atomic mass is 16.5. The SMILES string of the molecule is CC1(C)COCC1=O. The van der Waals surface area contributed by atoms with Crippen molar-refractivity contribution in [3.63, 3.8) is 0 Å². The second kappa shape index (κ2) is 1.55. The normalized spacial score (nSPS) is 26.5. The molecule has 1 aliphatic rings. The van der Waals surface area contributed by atoms with Gasteiger partial charge in [0.2, 0.25) is 0 Å². The van der Waals surface area contributed by atoms with Crippen LogP contribution in [0.2, 0.25) is 0 Å². The summed E-state index contributed by atoms with van der Waals surface area (Å²) in [5.74, 6) is 0.220. The van der Waals surface area contributed by atoms with Crippen LogP contribution in [0.3, 0.4) is 0 Å². The summed E-state index contributed by atoms with van der Waals surface area (Å²) < 4.78 is 4.92. The van der Waals surface area contributed by atoms with E-state index < -0.39 is 0 Å². The lowest BCUT2D eigenvalue weighted by molar-refractivity contribution is -0.123. The first-order chi connectivity index (χ1) is 3.63.